The van der Waals surface area contributed by atoms with Crippen molar-refractivity contribution in [2.45, 2.75) is 6.04 Å². The largest absolute Gasteiger partial charge is 0.497 e. The Balaban J connectivity index is 2.12. The van der Waals surface area contributed by atoms with Crippen LogP contribution in [0.15, 0.2) is 24.3 Å². The highest BCUT2D eigenvalue weighted by molar-refractivity contribution is 6.00. The van der Waals surface area contributed by atoms with Crippen molar-refractivity contribution in [1.29, 1.82) is 0 Å². The summed E-state index contributed by atoms with van der Waals surface area (Å²) in [6, 6.07) is 6.94. The zero-order valence-corrected chi connectivity index (χ0v) is 9.23. The van der Waals surface area contributed by atoms with Crippen LogP contribution in [0.4, 0.5) is 0 Å². The van der Waals surface area contributed by atoms with Crippen LogP contribution in [0.5, 0.6) is 5.75 Å². The molecule has 1 aliphatic heterocycles. The molecule has 1 unspecified atom stereocenters. The topological polar surface area (TPSA) is 47.6 Å². The zero-order valence-electron chi connectivity index (χ0n) is 9.23. The quantitative estimate of drug-likeness (QED) is 0.769. The van der Waals surface area contributed by atoms with Crippen molar-refractivity contribution in [1.82, 2.24) is 5.32 Å². The molecule has 4 nitrogen and oxygen atoms in total. The molecule has 1 atom stereocenters. The van der Waals surface area contributed by atoms with Crippen LogP contribution in [-0.2, 0) is 4.74 Å². The van der Waals surface area contributed by atoms with E-state index in [9.17, 15) is 4.79 Å². The number of benzene rings is 1. The van der Waals surface area contributed by atoms with E-state index in [1.165, 1.54) is 0 Å². The minimum Gasteiger partial charge on any atom is -0.497 e. The van der Waals surface area contributed by atoms with Gasteiger partial charge in [-0.1, -0.05) is 12.1 Å². The van der Waals surface area contributed by atoms with Gasteiger partial charge >= 0.3 is 0 Å². The molecule has 1 aliphatic rings. The van der Waals surface area contributed by atoms with Crippen molar-refractivity contribution < 1.29 is 14.3 Å². The molecule has 0 radical (unpaired) electrons. The summed E-state index contributed by atoms with van der Waals surface area (Å²) < 4.78 is 10.4. The van der Waals surface area contributed by atoms with Gasteiger partial charge in [-0.25, -0.2) is 0 Å². The van der Waals surface area contributed by atoms with E-state index in [-0.39, 0.29) is 11.8 Å². The maximum absolute atomic E-state index is 12.1. The Morgan fingerprint density at radius 1 is 1.56 bits per heavy atom. The first-order chi connectivity index (χ1) is 7.81. The SMILES string of the molecule is COc1cccc(C(=O)C2COCCN2)c1. The highest BCUT2D eigenvalue weighted by Crippen LogP contribution is 2.14. The highest BCUT2D eigenvalue weighted by atomic mass is 16.5. The molecule has 1 saturated heterocycles. The third-order valence-electron chi connectivity index (χ3n) is 2.59. The number of ether oxygens (including phenoxy) is 2. The van der Waals surface area contributed by atoms with Gasteiger partial charge in [-0.05, 0) is 12.1 Å². The van der Waals surface area contributed by atoms with Gasteiger partial charge in [0.2, 0.25) is 0 Å². The minimum atomic E-state index is -0.235. The Morgan fingerprint density at radius 2 is 2.44 bits per heavy atom. The van der Waals surface area contributed by atoms with E-state index in [1.54, 1.807) is 19.2 Å². The van der Waals surface area contributed by atoms with Gasteiger partial charge in [0, 0.05) is 12.1 Å². The van der Waals surface area contributed by atoms with Crippen LogP contribution in [-0.4, -0.2) is 38.7 Å². The van der Waals surface area contributed by atoms with E-state index in [4.69, 9.17) is 9.47 Å². The lowest BCUT2D eigenvalue weighted by atomic mass is 10.0. The second kappa shape index (κ2) is 5.09. The molecule has 1 heterocycles. The van der Waals surface area contributed by atoms with Gasteiger partial charge in [-0.2, -0.15) is 0 Å². The molecule has 1 aromatic rings. The van der Waals surface area contributed by atoms with Crippen LogP contribution in [0, 0.1) is 0 Å². The molecule has 0 amide bonds. The molecule has 0 saturated carbocycles. The number of morpholine rings is 1. The molecule has 0 spiro atoms. The summed E-state index contributed by atoms with van der Waals surface area (Å²) >= 11 is 0. The van der Waals surface area contributed by atoms with E-state index < -0.39 is 0 Å². The van der Waals surface area contributed by atoms with E-state index >= 15 is 0 Å². The first-order valence-electron chi connectivity index (χ1n) is 5.30. The smallest absolute Gasteiger partial charge is 0.182 e. The summed E-state index contributed by atoms with van der Waals surface area (Å²) in [5.74, 6) is 0.751. The second-order valence-corrected chi connectivity index (χ2v) is 3.68. The molecular weight excluding hydrogens is 206 g/mol. The van der Waals surface area contributed by atoms with Crippen LogP contribution < -0.4 is 10.1 Å². The normalized spacial score (nSPS) is 20.4. The molecule has 16 heavy (non-hydrogen) atoms. The standard InChI is InChI=1S/C12H15NO3/c1-15-10-4-2-3-9(7-10)12(14)11-8-16-6-5-13-11/h2-4,7,11,13H,5-6,8H2,1H3. The number of ketones is 1. The summed E-state index contributed by atoms with van der Waals surface area (Å²) in [7, 11) is 1.59. The predicted octanol–water partition coefficient (Wildman–Crippen LogP) is 0.866. The molecule has 4 heteroatoms. The van der Waals surface area contributed by atoms with Crippen LogP contribution in [0.3, 0.4) is 0 Å². The number of rotatable bonds is 3. The van der Waals surface area contributed by atoms with Crippen molar-refractivity contribution in [3.63, 3.8) is 0 Å². The van der Waals surface area contributed by atoms with Gasteiger partial charge in [0.25, 0.3) is 0 Å². The zero-order chi connectivity index (χ0) is 11.4. The third-order valence-corrected chi connectivity index (χ3v) is 2.59. The van der Waals surface area contributed by atoms with Crippen LogP contribution >= 0.6 is 0 Å². The second-order valence-electron chi connectivity index (χ2n) is 3.68. The average Bonchev–Trinajstić information content (AvgIpc) is 2.39. The molecule has 0 bridgehead atoms. The highest BCUT2D eigenvalue weighted by Gasteiger charge is 2.22. The van der Waals surface area contributed by atoms with E-state index in [0.717, 1.165) is 6.54 Å². The first kappa shape index (κ1) is 11.1. The van der Waals surface area contributed by atoms with Crippen molar-refractivity contribution in [2.75, 3.05) is 26.9 Å². The van der Waals surface area contributed by atoms with Crippen molar-refractivity contribution in [2.24, 2.45) is 0 Å². The molecule has 1 N–H and O–H groups in total. The molecular formula is C12H15NO3. The summed E-state index contributed by atoms with van der Waals surface area (Å²) in [6.07, 6.45) is 0. The molecule has 86 valence electrons. The molecule has 1 aromatic carbocycles. The Morgan fingerprint density at radius 3 is 3.12 bits per heavy atom. The van der Waals surface area contributed by atoms with E-state index in [1.807, 2.05) is 12.1 Å². The number of carbonyl (C=O) groups is 1. The number of Topliss-reactive ketones (excluding diaryl/α,β-unsaturated/α-hetero) is 1. The van der Waals surface area contributed by atoms with Gasteiger partial charge in [-0.3, -0.25) is 4.79 Å². The average molecular weight is 221 g/mol. The summed E-state index contributed by atoms with van der Waals surface area (Å²) in [5, 5.41) is 3.14. The summed E-state index contributed by atoms with van der Waals surface area (Å²) in [4.78, 5) is 12.1. The summed E-state index contributed by atoms with van der Waals surface area (Å²) in [5.41, 5.74) is 0.655. The van der Waals surface area contributed by atoms with Crippen molar-refractivity contribution >= 4 is 5.78 Å². The third kappa shape index (κ3) is 2.40. The van der Waals surface area contributed by atoms with Crippen LogP contribution in [0.25, 0.3) is 0 Å². The number of methoxy groups -OCH3 is 1. The summed E-state index contributed by atoms with van der Waals surface area (Å²) in [6.45, 7) is 1.83. The lowest BCUT2D eigenvalue weighted by Gasteiger charge is -2.22. The fraction of sp³-hybridized carbons (Fsp3) is 0.417. The molecule has 1 fully saturated rings. The van der Waals surface area contributed by atoms with Gasteiger partial charge in [0.15, 0.2) is 5.78 Å². The van der Waals surface area contributed by atoms with Gasteiger partial charge < -0.3 is 14.8 Å². The maximum atomic E-state index is 12.1. The maximum Gasteiger partial charge on any atom is 0.182 e. The Kier molecular flexibility index (Phi) is 3.54. The first-order valence-corrected chi connectivity index (χ1v) is 5.30. The van der Waals surface area contributed by atoms with Gasteiger partial charge in [0.05, 0.1) is 26.4 Å². The molecule has 0 aromatic heterocycles. The molecule has 0 aliphatic carbocycles. The lowest BCUT2D eigenvalue weighted by molar-refractivity contribution is 0.0607. The van der Waals surface area contributed by atoms with E-state index in [0.29, 0.717) is 24.5 Å². The Bertz CT molecular complexity index is 372. The van der Waals surface area contributed by atoms with E-state index in [2.05, 4.69) is 5.32 Å². The number of hydrogen-bond acceptors (Lipinski definition) is 4. The fourth-order valence-corrected chi connectivity index (χ4v) is 1.71. The van der Waals surface area contributed by atoms with Gasteiger partial charge in [-0.15, -0.1) is 0 Å². The number of nitrogens with one attached hydrogen (secondary N) is 1. The monoisotopic (exact) mass is 221 g/mol. The fourth-order valence-electron chi connectivity index (χ4n) is 1.71. The minimum absolute atomic E-state index is 0.0543. The van der Waals surface area contributed by atoms with Crippen LogP contribution in [0.2, 0.25) is 0 Å². The van der Waals surface area contributed by atoms with Crippen molar-refractivity contribution in [3.05, 3.63) is 29.8 Å². The Hall–Kier alpha value is -1.39. The van der Waals surface area contributed by atoms with Crippen molar-refractivity contribution in [3.8, 4) is 5.75 Å². The molecule has 2 rings (SSSR count). The lowest BCUT2D eigenvalue weighted by Crippen LogP contribution is -2.46. The predicted molar refractivity (Wildman–Crippen MR) is 59.9 cm³/mol. The Labute approximate surface area is 94.6 Å². The number of carbonyl (C=O) groups excluding carboxylic acids is 1. The number of hydrogen-bond donors (Lipinski definition) is 1. The van der Waals surface area contributed by atoms with Crippen LogP contribution in [0.1, 0.15) is 10.4 Å². The van der Waals surface area contributed by atoms with Gasteiger partial charge in [0.1, 0.15) is 5.75 Å².